The maximum Gasteiger partial charge on any atom is 0.573 e. The van der Waals surface area contributed by atoms with E-state index in [-0.39, 0.29) is 5.75 Å². The average Bonchev–Trinajstić information content (AvgIpc) is 3.28. The van der Waals surface area contributed by atoms with Crippen LogP contribution in [0.3, 0.4) is 0 Å². The summed E-state index contributed by atoms with van der Waals surface area (Å²) in [6.07, 6.45) is -2.59. The molecule has 3 aromatic rings. The molecule has 0 atom stereocenters. The van der Waals surface area contributed by atoms with Crippen molar-refractivity contribution in [3.05, 3.63) is 54.2 Å². The summed E-state index contributed by atoms with van der Waals surface area (Å²) in [5.41, 5.74) is 4.17. The van der Waals surface area contributed by atoms with Crippen LogP contribution < -0.4 is 9.47 Å². The number of allylic oxidation sites excluding steroid dienone is 1. The Bertz CT molecular complexity index is 1060. The van der Waals surface area contributed by atoms with Gasteiger partial charge in [0.1, 0.15) is 12.4 Å². The SMILES string of the molecule is C=C1CCCN1CCOc1noc2c(C)cc(-c3ccc(OC(F)(F)F)cc3)cc12. The smallest absolute Gasteiger partial charge is 0.473 e. The van der Waals surface area contributed by atoms with Gasteiger partial charge in [-0.3, -0.25) is 0 Å². The van der Waals surface area contributed by atoms with Gasteiger partial charge in [0.25, 0.3) is 5.88 Å². The first-order valence-corrected chi connectivity index (χ1v) is 9.62. The number of halogens is 3. The maximum absolute atomic E-state index is 12.4. The number of aryl methyl sites for hydroxylation is 1. The summed E-state index contributed by atoms with van der Waals surface area (Å²) in [7, 11) is 0. The Morgan fingerprint density at radius 2 is 1.93 bits per heavy atom. The van der Waals surface area contributed by atoms with Gasteiger partial charge in [0, 0.05) is 12.2 Å². The van der Waals surface area contributed by atoms with E-state index in [1.165, 1.54) is 12.1 Å². The van der Waals surface area contributed by atoms with E-state index in [0.717, 1.165) is 53.7 Å². The number of nitrogens with zero attached hydrogens (tertiary/aromatic N) is 2. The Morgan fingerprint density at radius 1 is 1.17 bits per heavy atom. The van der Waals surface area contributed by atoms with E-state index in [1.807, 2.05) is 19.1 Å². The minimum absolute atomic E-state index is 0.262. The van der Waals surface area contributed by atoms with Crippen LogP contribution in [0.15, 0.2) is 53.2 Å². The first-order chi connectivity index (χ1) is 14.3. The van der Waals surface area contributed by atoms with Crippen LogP contribution in [0, 0.1) is 6.92 Å². The highest BCUT2D eigenvalue weighted by molar-refractivity contribution is 5.89. The molecule has 0 saturated carbocycles. The molecule has 1 aromatic heterocycles. The van der Waals surface area contributed by atoms with Crippen LogP contribution in [-0.2, 0) is 0 Å². The van der Waals surface area contributed by atoms with Gasteiger partial charge in [0.15, 0.2) is 5.58 Å². The van der Waals surface area contributed by atoms with E-state index in [4.69, 9.17) is 9.26 Å². The molecule has 2 aromatic carbocycles. The molecule has 2 heterocycles. The molecule has 8 heteroatoms. The quantitative estimate of drug-likeness (QED) is 0.515. The lowest BCUT2D eigenvalue weighted by Gasteiger charge is -2.18. The van der Waals surface area contributed by atoms with Crippen molar-refractivity contribution in [1.82, 2.24) is 10.1 Å². The Kier molecular flexibility index (Phi) is 5.32. The van der Waals surface area contributed by atoms with Crippen LogP contribution in [0.5, 0.6) is 11.6 Å². The molecule has 0 bridgehead atoms. The van der Waals surface area contributed by atoms with Crippen LogP contribution in [0.1, 0.15) is 18.4 Å². The zero-order valence-electron chi connectivity index (χ0n) is 16.5. The number of rotatable bonds is 6. The number of aromatic nitrogens is 1. The zero-order valence-corrected chi connectivity index (χ0v) is 16.5. The summed E-state index contributed by atoms with van der Waals surface area (Å²) in [6, 6.07) is 9.49. The van der Waals surface area contributed by atoms with Crippen LogP contribution in [-0.4, -0.2) is 36.1 Å². The van der Waals surface area contributed by atoms with Gasteiger partial charge in [-0.1, -0.05) is 18.7 Å². The third-order valence-corrected chi connectivity index (χ3v) is 5.09. The van der Waals surface area contributed by atoms with Crippen LogP contribution in [0.2, 0.25) is 0 Å². The van der Waals surface area contributed by atoms with Crippen LogP contribution >= 0.6 is 0 Å². The standard InChI is InChI=1S/C22H21F3N2O3/c1-14-12-17(16-5-7-18(8-6-16)29-22(23,24)25)13-19-20(14)30-26-21(19)28-11-10-27-9-3-4-15(27)2/h5-8,12-13H,2-4,9-11H2,1H3. The fourth-order valence-corrected chi connectivity index (χ4v) is 3.62. The normalized spacial score (nSPS) is 14.5. The van der Waals surface area contributed by atoms with Crippen molar-refractivity contribution < 1.29 is 27.2 Å². The number of benzene rings is 2. The minimum atomic E-state index is -4.72. The van der Waals surface area contributed by atoms with Crippen molar-refractivity contribution >= 4 is 11.0 Å². The second-order valence-electron chi connectivity index (χ2n) is 7.24. The van der Waals surface area contributed by atoms with Crippen LogP contribution in [0.25, 0.3) is 22.1 Å². The molecular weight excluding hydrogens is 397 g/mol. The molecule has 5 nitrogen and oxygen atoms in total. The van der Waals surface area contributed by atoms with Crippen molar-refractivity contribution in [3.8, 4) is 22.8 Å². The Morgan fingerprint density at radius 3 is 2.60 bits per heavy atom. The summed E-state index contributed by atoms with van der Waals surface area (Å²) in [4.78, 5) is 2.20. The molecular formula is C22H21F3N2O3. The number of fused-ring (bicyclic) bond motifs is 1. The number of ether oxygens (including phenoxy) is 2. The van der Waals surface area contributed by atoms with Gasteiger partial charge in [0.2, 0.25) is 0 Å². The molecule has 1 saturated heterocycles. The lowest BCUT2D eigenvalue weighted by atomic mass is 10.0. The molecule has 158 valence electrons. The predicted octanol–water partition coefficient (Wildman–Crippen LogP) is 5.69. The van der Waals surface area contributed by atoms with Gasteiger partial charge >= 0.3 is 6.36 Å². The topological polar surface area (TPSA) is 47.7 Å². The summed E-state index contributed by atoms with van der Waals surface area (Å²) in [6.45, 7) is 8.10. The summed E-state index contributed by atoms with van der Waals surface area (Å²) in [5, 5.41) is 4.77. The molecule has 0 radical (unpaired) electrons. The lowest BCUT2D eigenvalue weighted by Crippen LogP contribution is -2.23. The third-order valence-electron chi connectivity index (χ3n) is 5.09. The highest BCUT2D eigenvalue weighted by atomic mass is 19.4. The Balaban J connectivity index is 1.53. The van der Waals surface area contributed by atoms with Gasteiger partial charge in [-0.15, -0.1) is 13.2 Å². The number of alkyl halides is 3. The Labute approximate surface area is 171 Å². The highest BCUT2D eigenvalue weighted by Gasteiger charge is 2.31. The zero-order chi connectivity index (χ0) is 21.3. The predicted molar refractivity (Wildman–Crippen MR) is 106 cm³/mol. The fourth-order valence-electron chi connectivity index (χ4n) is 3.62. The summed E-state index contributed by atoms with van der Waals surface area (Å²) in [5.74, 6) is 0.137. The van der Waals surface area contributed by atoms with Crippen molar-refractivity contribution in [3.63, 3.8) is 0 Å². The van der Waals surface area contributed by atoms with Gasteiger partial charge < -0.3 is 18.9 Å². The molecule has 0 spiro atoms. The third kappa shape index (κ3) is 4.37. The van der Waals surface area contributed by atoms with Gasteiger partial charge in [-0.25, -0.2) is 0 Å². The van der Waals surface area contributed by atoms with Crippen molar-refractivity contribution in [2.75, 3.05) is 19.7 Å². The van der Waals surface area contributed by atoms with Gasteiger partial charge in [-0.05, 0) is 65.9 Å². The molecule has 1 aliphatic heterocycles. The summed E-state index contributed by atoms with van der Waals surface area (Å²) >= 11 is 0. The van der Waals surface area contributed by atoms with Crippen LogP contribution in [0.4, 0.5) is 13.2 Å². The molecule has 1 fully saturated rings. The van der Waals surface area contributed by atoms with E-state index >= 15 is 0 Å². The second-order valence-corrected chi connectivity index (χ2v) is 7.24. The minimum Gasteiger partial charge on any atom is -0.473 e. The first kappa shape index (κ1) is 20.1. The number of likely N-dealkylation sites (tertiary alicyclic amines) is 1. The lowest BCUT2D eigenvalue weighted by molar-refractivity contribution is -0.274. The van der Waals surface area contributed by atoms with E-state index < -0.39 is 6.36 Å². The molecule has 1 aliphatic rings. The van der Waals surface area contributed by atoms with E-state index in [0.29, 0.717) is 18.1 Å². The van der Waals surface area contributed by atoms with Gasteiger partial charge in [0.05, 0.1) is 11.9 Å². The molecule has 0 N–H and O–H groups in total. The largest absolute Gasteiger partial charge is 0.573 e. The molecule has 30 heavy (non-hydrogen) atoms. The monoisotopic (exact) mass is 418 g/mol. The summed E-state index contributed by atoms with van der Waals surface area (Å²) < 4.78 is 52.3. The van der Waals surface area contributed by atoms with E-state index in [9.17, 15) is 13.2 Å². The highest BCUT2D eigenvalue weighted by Crippen LogP contribution is 2.34. The fraction of sp³-hybridized carbons (Fsp3) is 0.318. The van der Waals surface area contributed by atoms with Gasteiger partial charge in [-0.2, -0.15) is 0 Å². The van der Waals surface area contributed by atoms with E-state index in [1.54, 1.807) is 12.1 Å². The van der Waals surface area contributed by atoms with Crippen molar-refractivity contribution in [2.45, 2.75) is 26.1 Å². The number of hydrogen-bond donors (Lipinski definition) is 0. The molecule has 0 unspecified atom stereocenters. The molecule has 0 aliphatic carbocycles. The second kappa shape index (κ2) is 7.93. The Hall–Kier alpha value is -3.16. The molecule has 0 amide bonds. The van der Waals surface area contributed by atoms with E-state index in [2.05, 4.69) is 21.4 Å². The molecule has 4 rings (SSSR count). The maximum atomic E-state index is 12.4. The number of hydrogen-bond acceptors (Lipinski definition) is 5. The van der Waals surface area contributed by atoms with Crippen molar-refractivity contribution in [2.24, 2.45) is 0 Å². The first-order valence-electron chi connectivity index (χ1n) is 9.62. The average molecular weight is 418 g/mol. The van der Waals surface area contributed by atoms with Crippen molar-refractivity contribution in [1.29, 1.82) is 0 Å².